The fraction of sp³-hybridized carbons (Fsp3) is 0.750. The fourth-order valence-electron chi connectivity index (χ4n) is 1.00. The number of allylic oxidation sites excluding steroid dienone is 1. The zero-order valence-corrected chi connectivity index (χ0v) is 7.23. The van der Waals surface area contributed by atoms with Gasteiger partial charge in [0.2, 0.25) is 0 Å². The Hall–Kier alpha value is 0.220. The van der Waals surface area contributed by atoms with Crippen molar-refractivity contribution in [1.82, 2.24) is 0 Å². The quantitative estimate of drug-likeness (QED) is 0.471. The van der Waals surface area contributed by atoms with Gasteiger partial charge in [0.05, 0.1) is 0 Å². The largest absolute Gasteiger partial charge is 0.103 e. The number of rotatable bonds is 4. The van der Waals surface area contributed by atoms with E-state index in [1.165, 1.54) is 19.3 Å². The number of alkyl halides is 1. The molecule has 0 aromatic carbocycles. The summed E-state index contributed by atoms with van der Waals surface area (Å²) in [4.78, 5) is 0. The zero-order chi connectivity index (χ0) is 6.69. The minimum atomic E-state index is 0.720. The second-order valence-corrected chi connectivity index (χ2v) is 3.48. The van der Waals surface area contributed by atoms with Gasteiger partial charge in [-0.3, -0.25) is 0 Å². The van der Waals surface area contributed by atoms with Gasteiger partial charge in [-0.25, -0.2) is 0 Å². The minimum absolute atomic E-state index is 0.720. The molecule has 0 aromatic rings. The molecule has 0 bridgehead atoms. The lowest BCUT2D eigenvalue weighted by Gasteiger charge is -2.04. The molecule has 1 aliphatic rings. The summed E-state index contributed by atoms with van der Waals surface area (Å²) in [6.07, 6.45) is 6.33. The zero-order valence-electron chi connectivity index (χ0n) is 5.65. The first kappa shape index (κ1) is 7.33. The van der Waals surface area contributed by atoms with Crippen LogP contribution in [0, 0.1) is 11.8 Å². The molecule has 0 saturated heterocycles. The molecule has 0 nitrogen and oxygen atoms in total. The lowest BCUT2D eigenvalue weighted by atomic mass is 10.1. The normalized spacial score (nSPS) is 21.4. The van der Waals surface area contributed by atoms with Crippen molar-refractivity contribution in [3.8, 4) is 0 Å². The lowest BCUT2D eigenvalue weighted by Crippen LogP contribution is -1.97. The van der Waals surface area contributed by atoms with Gasteiger partial charge in [0.25, 0.3) is 0 Å². The third kappa shape index (κ3) is 2.53. The van der Waals surface area contributed by atoms with Gasteiger partial charge in [0, 0.05) is 5.33 Å². The van der Waals surface area contributed by atoms with E-state index >= 15 is 0 Å². The van der Waals surface area contributed by atoms with Crippen LogP contribution >= 0.6 is 15.9 Å². The summed E-state index contributed by atoms with van der Waals surface area (Å²) in [5.74, 6) is 1.75. The predicted molar refractivity (Wildman–Crippen MR) is 44.8 cm³/mol. The molecule has 1 fully saturated rings. The van der Waals surface area contributed by atoms with Crippen LogP contribution in [0.5, 0.6) is 0 Å². The highest BCUT2D eigenvalue weighted by Gasteiger charge is 2.23. The first-order chi connectivity index (χ1) is 4.36. The monoisotopic (exact) mass is 188 g/mol. The maximum absolute atomic E-state index is 3.78. The molecule has 0 heterocycles. The average Bonchev–Trinajstić information content (AvgIpc) is 2.66. The highest BCUT2D eigenvalue weighted by Crippen LogP contribution is 2.35. The fourth-order valence-corrected chi connectivity index (χ4v) is 1.53. The van der Waals surface area contributed by atoms with Crippen molar-refractivity contribution in [2.24, 2.45) is 11.8 Å². The van der Waals surface area contributed by atoms with Crippen molar-refractivity contribution in [3.05, 3.63) is 12.7 Å². The first-order valence-electron chi connectivity index (χ1n) is 3.55. The molecule has 1 rings (SSSR count). The molecular formula is C8H13Br. The Balaban J connectivity index is 2.12. The molecular weight excluding hydrogens is 176 g/mol. The summed E-state index contributed by atoms with van der Waals surface area (Å²) < 4.78 is 0. The molecule has 1 saturated carbocycles. The van der Waals surface area contributed by atoms with Crippen molar-refractivity contribution in [3.63, 3.8) is 0 Å². The average molecular weight is 189 g/mol. The van der Waals surface area contributed by atoms with E-state index in [2.05, 4.69) is 28.6 Å². The van der Waals surface area contributed by atoms with Crippen LogP contribution in [0.25, 0.3) is 0 Å². The molecule has 9 heavy (non-hydrogen) atoms. The van der Waals surface area contributed by atoms with Gasteiger partial charge in [-0.2, -0.15) is 0 Å². The van der Waals surface area contributed by atoms with Crippen LogP contribution in [0.4, 0.5) is 0 Å². The summed E-state index contributed by atoms with van der Waals surface area (Å²) in [5.41, 5.74) is 0. The predicted octanol–water partition coefficient (Wildman–Crippen LogP) is 2.98. The number of hydrogen-bond acceptors (Lipinski definition) is 0. The van der Waals surface area contributed by atoms with E-state index in [1.54, 1.807) is 0 Å². The van der Waals surface area contributed by atoms with E-state index in [9.17, 15) is 0 Å². The van der Waals surface area contributed by atoms with Crippen LogP contribution in [0.2, 0.25) is 0 Å². The second-order valence-electron chi connectivity index (χ2n) is 2.83. The number of halogens is 1. The molecule has 1 aliphatic carbocycles. The molecule has 0 amide bonds. The molecule has 1 heteroatoms. The van der Waals surface area contributed by atoms with Crippen LogP contribution in [-0.2, 0) is 0 Å². The van der Waals surface area contributed by atoms with E-state index in [4.69, 9.17) is 0 Å². The van der Waals surface area contributed by atoms with Crippen LogP contribution in [-0.4, -0.2) is 5.33 Å². The third-order valence-corrected chi connectivity index (χ3v) is 2.70. The van der Waals surface area contributed by atoms with E-state index in [0.29, 0.717) is 0 Å². The molecule has 1 atom stereocenters. The lowest BCUT2D eigenvalue weighted by molar-refractivity contribution is 0.602. The SMILES string of the molecule is C=C[C@H](CBr)CC1CC1. The Morgan fingerprint density at radius 2 is 2.33 bits per heavy atom. The van der Waals surface area contributed by atoms with Crippen LogP contribution in [0.15, 0.2) is 12.7 Å². The molecule has 0 aliphatic heterocycles. The Morgan fingerprint density at radius 1 is 1.67 bits per heavy atom. The van der Waals surface area contributed by atoms with Crippen molar-refractivity contribution in [1.29, 1.82) is 0 Å². The molecule has 0 radical (unpaired) electrons. The molecule has 0 N–H and O–H groups in total. The third-order valence-electron chi connectivity index (χ3n) is 1.86. The second kappa shape index (κ2) is 3.40. The van der Waals surface area contributed by atoms with Gasteiger partial charge >= 0.3 is 0 Å². The van der Waals surface area contributed by atoms with Crippen molar-refractivity contribution in [2.75, 3.05) is 5.33 Å². The van der Waals surface area contributed by atoms with E-state index in [-0.39, 0.29) is 0 Å². The van der Waals surface area contributed by atoms with Gasteiger partial charge < -0.3 is 0 Å². The Morgan fingerprint density at radius 3 is 2.67 bits per heavy atom. The van der Waals surface area contributed by atoms with Crippen LogP contribution in [0.1, 0.15) is 19.3 Å². The van der Waals surface area contributed by atoms with Crippen molar-refractivity contribution in [2.45, 2.75) is 19.3 Å². The number of hydrogen-bond donors (Lipinski definition) is 0. The van der Waals surface area contributed by atoms with E-state index in [1.807, 2.05) is 0 Å². The molecule has 52 valence electrons. The Kier molecular flexibility index (Phi) is 2.77. The van der Waals surface area contributed by atoms with E-state index < -0.39 is 0 Å². The highest BCUT2D eigenvalue weighted by atomic mass is 79.9. The van der Waals surface area contributed by atoms with E-state index in [0.717, 1.165) is 17.2 Å². The standard InChI is InChI=1S/C8H13Br/c1-2-7(6-9)5-8-3-4-8/h2,7-8H,1,3-6H2/t7-/m0/s1. The maximum atomic E-state index is 3.78. The topological polar surface area (TPSA) is 0 Å². The van der Waals surface area contributed by atoms with Crippen LogP contribution in [0.3, 0.4) is 0 Å². The smallest absolute Gasteiger partial charge is 0.00943 e. The van der Waals surface area contributed by atoms with Gasteiger partial charge in [0.1, 0.15) is 0 Å². The first-order valence-corrected chi connectivity index (χ1v) is 4.67. The molecule has 0 spiro atoms. The highest BCUT2D eigenvalue weighted by molar-refractivity contribution is 9.09. The summed E-state index contributed by atoms with van der Waals surface area (Å²) in [6, 6.07) is 0. The van der Waals surface area contributed by atoms with Crippen LogP contribution < -0.4 is 0 Å². The van der Waals surface area contributed by atoms with Crippen molar-refractivity contribution >= 4 is 15.9 Å². The minimum Gasteiger partial charge on any atom is -0.103 e. The maximum Gasteiger partial charge on any atom is 0.00943 e. The summed E-state index contributed by atoms with van der Waals surface area (Å²) in [6.45, 7) is 3.78. The van der Waals surface area contributed by atoms with Gasteiger partial charge in [-0.15, -0.1) is 6.58 Å². The van der Waals surface area contributed by atoms with Gasteiger partial charge in [-0.05, 0) is 18.3 Å². The summed E-state index contributed by atoms with van der Waals surface area (Å²) >= 11 is 3.46. The Labute approximate surface area is 65.5 Å². The van der Waals surface area contributed by atoms with Gasteiger partial charge in [0.15, 0.2) is 0 Å². The van der Waals surface area contributed by atoms with Crippen molar-refractivity contribution < 1.29 is 0 Å². The molecule has 0 aromatic heterocycles. The molecule has 0 unspecified atom stereocenters. The summed E-state index contributed by atoms with van der Waals surface area (Å²) in [5, 5.41) is 1.09. The Bertz CT molecular complexity index is 94.7. The summed E-state index contributed by atoms with van der Waals surface area (Å²) in [7, 11) is 0. The van der Waals surface area contributed by atoms with Gasteiger partial charge in [-0.1, -0.05) is 34.8 Å².